The molecule has 1 heterocycles. The van der Waals surface area contributed by atoms with Crippen molar-refractivity contribution >= 4 is 21.4 Å². The Kier molecular flexibility index (Phi) is 8.56. The van der Waals surface area contributed by atoms with Gasteiger partial charge in [-0.2, -0.15) is 0 Å². The number of nitrogens with zero attached hydrogens (tertiary/aromatic N) is 1. The smallest absolute Gasteiger partial charge is 0.493 e. The molecule has 1 aliphatic rings. The zero-order valence-electron chi connectivity index (χ0n) is 19.5. The summed E-state index contributed by atoms with van der Waals surface area (Å²) in [4.78, 5) is 14.4. The van der Waals surface area contributed by atoms with E-state index in [2.05, 4.69) is 4.74 Å². The zero-order valence-corrected chi connectivity index (χ0v) is 20.3. The van der Waals surface area contributed by atoms with Crippen molar-refractivity contribution in [2.45, 2.75) is 31.9 Å². The molecule has 9 nitrogen and oxygen atoms in total. The van der Waals surface area contributed by atoms with Gasteiger partial charge >= 0.3 is 6.36 Å². The van der Waals surface area contributed by atoms with Crippen LogP contribution in [0.25, 0.3) is 0 Å². The van der Waals surface area contributed by atoms with Crippen LogP contribution >= 0.6 is 0 Å². The minimum atomic E-state index is -4.80. The van der Waals surface area contributed by atoms with Crippen LogP contribution in [0.4, 0.5) is 18.9 Å². The van der Waals surface area contributed by atoms with E-state index in [1.807, 2.05) is 0 Å². The van der Waals surface area contributed by atoms with E-state index in [4.69, 9.17) is 14.2 Å². The van der Waals surface area contributed by atoms with E-state index in [0.717, 1.165) is 12.1 Å². The second-order valence-corrected chi connectivity index (χ2v) is 10.3. The SMILES string of the molecule is CCS(=O)(=O)C[C@@H](O)COc1ccc(N2CCC(Oc3ccc(OC(F)(F)F)cc3)C2=O)cc1OC. The molecule has 1 fully saturated rings. The fourth-order valence-electron chi connectivity index (χ4n) is 3.49. The maximum absolute atomic E-state index is 12.9. The Balaban J connectivity index is 1.62. The highest BCUT2D eigenvalue weighted by atomic mass is 32.2. The van der Waals surface area contributed by atoms with Crippen LogP contribution in [0.5, 0.6) is 23.0 Å². The average Bonchev–Trinajstić information content (AvgIpc) is 3.17. The highest BCUT2D eigenvalue weighted by Gasteiger charge is 2.35. The Bertz CT molecular complexity index is 1150. The summed E-state index contributed by atoms with van der Waals surface area (Å²) >= 11 is 0. The predicted molar refractivity (Wildman–Crippen MR) is 123 cm³/mol. The number of amides is 1. The van der Waals surface area contributed by atoms with Gasteiger partial charge in [-0.25, -0.2) is 8.42 Å². The van der Waals surface area contributed by atoms with Crippen LogP contribution in [0.1, 0.15) is 13.3 Å². The largest absolute Gasteiger partial charge is 0.573 e. The Morgan fingerprint density at radius 3 is 2.39 bits per heavy atom. The molecule has 1 amide bonds. The molecule has 2 aromatic rings. The van der Waals surface area contributed by atoms with E-state index in [-0.39, 0.29) is 35.5 Å². The third-order valence-electron chi connectivity index (χ3n) is 5.27. The quantitative estimate of drug-likeness (QED) is 0.470. The number of ether oxygens (including phenoxy) is 4. The summed E-state index contributed by atoms with van der Waals surface area (Å²) in [6.07, 6.45) is -6.51. The first kappa shape index (κ1) is 27.4. The van der Waals surface area contributed by atoms with Crippen molar-refractivity contribution in [3.63, 3.8) is 0 Å². The molecule has 1 unspecified atom stereocenters. The second kappa shape index (κ2) is 11.2. The molecule has 0 spiro atoms. The molecule has 1 saturated heterocycles. The number of benzene rings is 2. The van der Waals surface area contributed by atoms with Gasteiger partial charge in [0.25, 0.3) is 5.91 Å². The standard InChI is InChI=1S/C23H26F3NO8S/c1-3-36(30,31)14-16(28)13-33-19-9-4-15(12-21(19)32-2)27-11-10-20(22(27)29)34-17-5-7-18(8-6-17)35-23(24,25)26/h4-9,12,16,20,28H,3,10-11,13-14H2,1-2H3/t16-,20?/m0/s1. The molecule has 2 aromatic carbocycles. The van der Waals surface area contributed by atoms with Gasteiger partial charge in [-0.05, 0) is 36.4 Å². The average molecular weight is 534 g/mol. The fourth-order valence-corrected chi connectivity index (χ4v) is 4.41. The van der Waals surface area contributed by atoms with Crippen LogP contribution in [-0.2, 0) is 14.6 Å². The molecule has 1 N–H and O–H groups in total. The Morgan fingerprint density at radius 2 is 1.78 bits per heavy atom. The van der Waals surface area contributed by atoms with Gasteiger partial charge in [0.2, 0.25) is 0 Å². The third-order valence-corrected chi connectivity index (χ3v) is 7.04. The first-order chi connectivity index (χ1) is 16.9. The third kappa shape index (κ3) is 7.40. The molecular formula is C23H26F3NO8S. The maximum Gasteiger partial charge on any atom is 0.573 e. The summed E-state index contributed by atoms with van der Waals surface area (Å²) in [6.45, 7) is 1.55. The number of methoxy groups -OCH3 is 1. The van der Waals surface area contributed by atoms with Crippen LogP contribution in [0.2, 0.25) is 0 Å². The number of halogens is 3. The lowest BCUT2D eigenvalue weighted by Crippen LogP contribution is -2.32. The lowest BCUT2D eigenvalue weighted by molar-refractivity contribution is -0.274. The second-order valence-electron chi connectivity index (χ2n) is 7.90. The van der Waals surface area contributed by atoms with Crippen molar-refractivity contribution in [3.8, 4) is 23.0 Å². The van der Waals surface area contributed by atoms with Crippen molar-refractivity contribution in [1.29, 1.82) is 0 Å². The van der Waals surface area contributed by atoms with E-state index in [1.54, 1.807) is 12.1 Å². The molecule has 0 radical (unpaired) electrons. The topological polar surface area (TPSA) is 112 Å². The van der Waals surface area contributed by atoms with Gasteiger partial charge in [-0.15, -0.1) is 13.2 Å². The zero-order chi connectivity index (χ0) is 26.5. The molecule has 0 bridgehead atoms. The molecule has 36 heavy (non-hydrogen) atoms. The van der Waals surface area contributed by atoms with Crippen molar-refractivity contribution in [2.24, 2.45) is 0 Å². The number of anilines is 1. The monoisotopic (exact) mass is 533 g/mol. The van der Waals surface area contributed by atoms with Crippen LogP contribution in [0.15, 0.2) is 42.5 Å². The number of hydrogen-bond acceptors (Lipinski definition) is 8. The summed E-state index contributed by atoms with van der Waals surface area (Å²) in [6, 6.07) is 9.47. The van der Waals surface area contributed by atoms with Gasteiger partial charge in [-0.1, -0.05) is 6.92 Å². The van der Waals surface area contributed by atoms with E-state index >= 15 is 0 Å². The van der Waals surface area contributed by atoms with Crippen LogP contribution in [0, 0.1) is 0 Å². The highest BCUT2D eigenvalue weighted by Crippen LogP contribution is 2.34. The molecule has 3 rings (SSSR count). The normalized spacial score (nSPS) is 17.1. The first-order valence-corrected chi connectivity index (χ1v) is 12.8. The number of rotatable bonds is 11. The summed E-state index contributed by atoms with van der Waals surface area (Å²) < 4.78 is 80.5. The molecule has 0 aliphatic carbocycles. The lowest BCUT2D eigenvalue weighted by atomic mass is 10.2. The Morgan fingerprint density at radius 1 is 1.11 bits per heavy atom. The molecule has 13 heteroatoms. The number of aliphatic hydroxyl groups is 1. The van der Waals surface area contributed by atoms with Gasteiger partial charge in [0.1, 0.15) is 24.2 Å². The molecule has 1 aliphatic heterocycles. The van der Waals surface area contributed by atoms with E-state index in [0.29, 0.717) is 18.7 Å². The van der Waals surface area contributed by atoms with Crippen molar-refractivity contribution in [3.05, 3.63) is 42.5 Å². The summed E-state index contributed by atoms with van der Waals surface area (Å²) in [5.74, 6) is -0.510. The van der Waals surface area contributed by atoms with Crippen molar-refractivity contribution in [2.75, 3.05) is 36.7 Å². The predicted octanol–water partition coefficient (Wildman–Crippen LogP) is 2.95. The molecule has 0 aromatic heterocycles. The maximum atomic E-state index is 12.9. The lowest BCUT2D eigenvalue weighted by Gasteiger charge is -2.20. The van der Waals surface area contributed by atoms with Gasteiger partial charge in [0.15, 0.2) is 27.4 Å². The summed E-state index contributed by atoms with van der Waals surface area (Å²) in [5, 5.41) is 9.95. The number of hydrogen-bond donors (Lipinski definition) is 1. The molecule has 198 valence electrons. The van der Waals surface area contributed by atoms with Gasteiger partial charge < -0.3 is 29.0 Å². The number of aliphatic hydroxyl groups excluding tert-OH is 1. The Labute approximate surface area is 206 Å². The van der Waals surface area contributed by atoms with Gasteiger partial charge in [0, 0.05) is 30.5 Å². The molecule has 2 atom stereocenters. The first-order valence-electron chi connectivity index (χ1n) is 10.9. The van der Waals surface area contributed by atoms with Crippen molar-refractivity contribution < 1.29 is 50.4 Å². The summed E-state index contributed by atoms with van der Waals surface area (Å²) in [7, 11) is -1.97. The minimum absolute atomic E-state index is 0.0889. The minimum Gasteiger partial charge on any atom is -0.493 e. The highest BCUT2D eigenvalue weighted by molar-refractivity contribution is 7.91. The molecule has 0 saturated carbocycles. The number of alkyl halides is 3. The number of sulfone groups is 1. The molecular weight excluding hydrogens is 507 g/mol. The number of carbonyl (C=O) groups is 1. The van der Waals surface area contributed by atoms with Crippen molar-refractivity contribution in [1.82, 2.24) is 0 Å². The van der Waals surface area contributed by atoms with E-state index < -0.39 is 39.9 Å². The van der Waals surface area contributed by atoms with Gasteiger partial charge in [-0.3, -0.25) is 4.79 Å². The number of carbonyl (C=O) groups excluding carboxylic acids is 1. The van der Waals surface area contributed by atoms with E-state index in [1.165, 1.54) is 37.1 Å². The van der Waals surface area contributed by atoms with E-state index in [9.17, 15) is 31.5 Å². The van der Waals surface area contributed by atoms with Crippen LogP contribution in [-0.4, -0.2) is 69.8 Å². The van der Waals surface area contributed by atoms with Gasteiger partial charge in [0.05, 0.1) is 12.9 Å². The van der Waals surface area contributed by atoms with Crippen LogP contribution < -0.4 is 23.8 Å². The Hall–Kier alpha value is -3.19. The summed E-state index contributed by atoms with van der Waals surface area (Å²) in [5.41, 5.74) is 0.498. The van der Waals surface area contributed by atoms with Crippen LogP contribution in [0.3, 0.4) is 0 Å². The fraction of sp³-hybridized carbons (Fsp3) is 0.435.